The van der Waals surface area contributed by atoms with Crippen LogP contribution < -0.4 is 0 Å². The maximum Gasteiger partial charge on any atom is 0.335 e. The average Bonchev–Trinajstić information content (AvgIpc) is 3.04. The van der Waals surface area contributed by atoms with Gasteiger partial charge in [-0.2, -0.15) is 0 Å². The summed E-state index contributed by atoms with van der Waals surface area (Å²) >= 11 is 9.00. The number of thioether (sulfide) groups is 2. The van der Waals surface area contributed by atoms with Gasteiger partial charge < -0.3 is 14.4 Å². The quantitative estimate of drug-likeness (QED) is 0.468. The van der Waals surface area contributed by atoms with Crippen LogP contribution >= 0.6 is 35.1 Å². The highest BCUT2D eigenvalue weighted by Gasteiger charge is 2.55. The SMILES string of the molecule is O=C(O)C1=CN2C(=O)C[C@@]2(CCl)SC1Sc1ccc2c(c1)oc1ccccc12. The van der Waals surface area contributed by atoms with Crippen LogP contribution in [0.25, 0.3) is 21.9 Å². The van der Waals surface area contributed by atoms with Gasteiger partial charge in [-0.15, -0.1) is 35.1 Å². The van der Waals surface area contributed by atoms with Crippen LogP contribution in [0.5, 0.6) is 0 Å². The first-order valence-electron chi connectivity index (χ1n) is 8.60. The number of halogens is 1. The van der Waals surface area contributed by atoms with Crippen molar-refractivity contribution in [3.63, 3.8) is 0 Å². The van der Waals surface area contributed by atoms with Gasteiger partial charge in [0.1, 0.15) is 16.0 Å². The molecule has 1 N–H and O–H groups in total. The van der Waals surface area contributed by atoms with Gasteiger partial charge in [0.25, 0.3) is 0 Å². The number of alkyl halides is 1. The van der Waals surface area contributed by atoms with Crippen LogP contribution in [0.1, 0.15) is 6.42 Å². The fourth-order valence-electron chi connectivity index (χ4n) is 3.58. The van der Waals surface area contributed by atoms with Crippen LogP contribution in [0, 0.1) is 0 Å². The number of fused-ring (bicyclic) bond motifs is 4. The lowest BCUT2D eigenvalue weighted by Gasteiger charge is -2.52. The van der Waals surface area contributed by atoms with Crippen LogP contribution in [-0.2, 0) is 9.59 Å². The number of carboxylic acids is 1. The van der Waals surface area contributed by atoms with E-state index in [0.29, 0.717) is 6.42 Å². The second kappa shape index (κ2) is 6.47. The van der Waals surface area contributed by atoms with Gasteiger partial charge in [0, 0.05) is 21.9 Å². The molecular weight excluding hydrogens is 418 g/mol. The van der Waals surface area contributed by atoms with Crippen LogP contribution in [0.15, 0.2) is 63.6 Å². The van der Waals surface area contributed by atoms with E-state index in [1.54, 1.807) is 0 Å². The summed E-state index contributed by atoms with van der Waals surface area (Å²) in [4.78, 5) is 25.5. The normalized spacial score (nSPS) is 24.2. The molecule has 2 aliphatic rings. The molecule has 0 bridgehead atoms. The molecular formula is C20H14ClNO4S2. The third-order valence-electron chi connectivity index (χ3n) is 5.03. The number of carboxylic acid groups (broad SMARTS) is 1. The predicted molar refractivity (Wildman–Crippen MR) is 112 cm³/mol. The summed E-state index contributed by atoms with van der Waals surface area (Å²) in [6.45, 7) is 0. The molecule has 2 aliphatic heterocycles. The van der Waals surface area contributed by atoms with Gasteiger partial charge in [0.2, 0.25) is 5.91 Å². The number of aliphatic carboxylic acids is 1. The van der Waals surface area contributed by atoms with Gasteiger partial charge in [-0.25, -0.2) is 4.79 Å². The Morgan fingerprint density at radius 2 is 2.07 bits per heavy atom. The van der Waals surface area contributed by atoms with Gasteiger partial charge in [-0.3, -0.25) is 4.79 Å². The lowest BCUT2D eigenvalue weighted by atomic mass is 10.0. The van der Waals surface area contributed by atoms with Gasteiger partial charge in [-0.05, 0) is 24.3 Å². The summed E-state index contributed by atoms with van der Waals surface area (Å²) in [5.41, 5.74) is 1.77. The average molecular weight is 432 g/mol. The molecule has 8 heteroatoms. The Morgan fingerprint density at radius 1 is 1.29 bits per heavy atom. The minimum atomic E-state index is -1.03. The molecule has 2 atom stereocenters. The predicted octanol–water partition coefficient (Wildman–Crippen LogP) is 4.89. The van der Waals surface area contributed by atoms with Crippen molar-refractivity contribution in [1.29, 1.82) is 0 Å². The summed E-state index contributed by atoms with van der Waals surface area (Å²) in [5, 5.41) is 11.7. The zero-order valence-corrected chi connectivity index (χ0v) is 16.8. The van der Waals surface area contributed by atoms with E-state index in [-0.39, 0.29) is 21.9 Å². The Kier molecular flexibility index (Phi) is 4.15. The first kappa shape index (κ1) is 18.0. The number of nitrogens with zero attached hydrogens (tertiary/aromatic N) is 1. The monoisotopic (exact) mass is 431 g/mol. The van der Waals surface area contributed by atoms with Crippen molar-refractivity contribution in [2.24, 2.45) is 0 Å². The van der Waals surface area contributed by atoms with Gasteiger partial charge >= 0.3 is 5.97 Å². The number of benzene rings is 2. The minimum Gasteiger partial charge on any atom is -0.478 e. The maximum absolute atomic E-state index is 11.9. The zero-order valence-electron chi connectivity index (χ0n) is 14.4. The van der Waals surface area contributed by atoms with Crippen LogP contribution in [0.4, 0.5) is 0 Å². The molecule has 1 saturated heterocycles. The van der Waals surface area contributed by atoms with Crippen molar-refractivity contribution in [3.8, 4) is 0 Å². The number of carbonyl (C=O) groups excluding carboxylic acids is 1. The van der Waals surface area contributed by atoms with Crippen LogP contribution in [0.3, 0.4) is 0 Å². The Bertz CT molecular complexity index is 1170. The zero-order chi connectivity index (χ0) is 19.5. The number of β-lactam (4-membered cyclic amide) rings is 1. The molecule has 0 radical (unpaired) electrons. The molecule has 0 saturated carbocycles. The summed E-state index contributed by atoms with van der Waals surface area (Å²) in [5.74, 6) is -0.872. The highest BCUT2D eigenvalue weighted by atomic mass is 35.5. The highest BCUT2D eigenvalue weighted by Crippen LogP contribution is 2.54. The molecule has 1 amide bonds. The number of carbonyl (C=O) groups is 2. The van der Waals surface area contributed by atoms with Crippen molar-refractivity contribution < 1.29 is 19.1 Å². The third-order valence-corrected chi connectivity index (χ3v) is 8.60. The standard InChI is InChI=1S/C20H14ClNO4S2/c21-10-20-8-17(23)22(20)9-14(18(24)25)19(28-20)27-11-5-6-13-12-3-1-2-4-15(12)26-16(13)7-11/h1-7,9,19H,8,10H2,(H,24,25)/t19?,20-/m0/s1. The molecule has 1 fully saturated rings. The molecule has 0 spiro atoms. The molecule has 3 aromatic rings. The van der Waals surface area contributed by atoms with E-state index in [0.717, 1.165) is 26.8 Å². The van der Waals surface area contributed by atoms with Gasteiger partial charge in [-0.1, -0.05) is 18.2 Å². The maximum atomic E-state index is 11.9. The van der Waals surface area contributed by atoms with E-state index in [1.807, 2.05) is 42.5 Å². The van der Waals surface area contributed by atoms with E-state index in [4.69, 9.17) is 16.0 Å². The minimum absolute atomic E-state index is 0.0981. The Hall–Kier alpha value is -2.09. The van der Waals surface area contributed by atoms with Crippen molar-refractivity contribution in [3.05, 3.63) is 54.2 Å². The summed E-state index contributed by atoms with van der Waals surface area (Å²) in [6.07, 6.45) is 1.77. The van der Waals surface area contributed by atoms with E-state index in [2.05, 4.69) is 0 Å². The number of amides is 1. The summed E-state index contributed by atoms with van der Waals surface area (Å²) < 4.78 is 5.56. The Labute approximate surface area is 173 Å². The van der Waals surface area contributed by atoms with E-state index in [9.17, 15) is 14.7 Å². The number of furan rings is 1. The largest absolute Gasteiger partial charge is 0.478 e. The molecule has 28 heavy (non-hydrogen) atoms. The van der Waals surface area contributed by atoms with Gasteiger partial charge in [0.05, 0.1) is 22.5 Å². The smallest absolute Gasteiger partial charge is 0.335 e. The summed E-state index contributed by atoms with van der Waals surface area (Å²) in [6, 6.07) is 13.8. The number of hydrogen-bond acceptors (Lipinski definition) is 5. The molecule has 1 aromatic heterocycles. The first-order valence-corrected chi connectivity index (χ1v) is 10.9. The molecule has 142 valence electrons. The first-order chi connectivity index (χ1) is 13.5. The van der Waals surface area contributed by atoms with Crippen molar-refractivity contribution in [2.45, 2.75) is 20.8 Å². The second-order valence-corrected chi connectivity index (χ2v) is 9.94. The molecule has 0 aliphatic carbocycles. The van der Waals surface area contributed by atoms with E-state index < -0.39 is 10.8 Å². The Morgan fingerprint density at radius 3 is 2.82 bits per heavy atom. The highest BCUT2D eigenvalue weighted by molar-refractivity contribution is 8.18. The van der Waals surface area contributed by atoms with Gasteiger partial charge in [0.15, 0.2) is 0 Å². The number of hydrogen-bond donors (Lipinski definition) is 1. The Balaban J connectivity index is 1.51. The molecule has 5 rings (SSSR count). The van der Waals surface area contributed by atoms with Crippen molar-refractivity contribution >= 4 is 68.9 Å². The molecule has 1 unspecified atom stereocenters. The topological polar surface area (TPSA) is 70.8 Å². The van der Waals surface area contributed by atoms with Crippen molar-refractivity contribution in [1.82, 2.24) is 4.90 Å². The molecule has 5 nitrogen and oxygen atoms in total. The molecule has 3 heterocycles. The second-order valence-electron chi connectivity index (χ2n) is 6.73. The van der Waals surface area contributed by atoms with E-state index >= 15 is 0 Å². The number of rotatable bonds is 4. The van der Waals surface area contributed by atoms with Crippen molar-refractivity contribution in [2.75, 3.05) is 5.88 Å². The van der Waals surface area contributed by atoms with Crippen LogP contribution in [0.2, 0.25) is 0 Å². The van der Waals surface area contributed by atoms with E-state index in [1.165, 1.54) is 34.6 Å². The lowest BCUT2D eigenvalue weighted by molar-refractivity contribution is -0.142. The fraction of sp³-hybridized carbons (Fsp3) is 0.200. The fourth-order valence-corrected chi connectivity index (χ4v) is 7.14. The summed E-state index contributed by atoms with van der Waals surface area (Å²) in [7, 11) is 0. The lowest BCUT2D eigenvalue weighted by Crippen LogP contribution is -2.62. The number of para-hydroxylation sites is 1. The van der Waals surface area contributed by atoms with Crippen LogP contribution in [-0.4, -0.2) is 37.2 Å². The molecule has 2 aromatic carbocycles. The third kappa shape index (κ3) is 2.64.